The number of aromatic nitrogens is 1. The number of rotatable bonds is 7. The smallest absolute Gasteiger partial charge is 0.412 e. The molecule has 0 radical (unpaired) electrons. The normalized spacial score (nSPS) is 14.7. The zero-order valence-corrected chi connectivity index (χ0v) is 18.3. The number of nitrogen functional groups attached to an aromatic ring is 3. The van der Waals surface area contributed by atoms with Crippen molar-refractivity contribution in [2.45, 2.75) is 25.3 Å². The maximum absolute atomic E-state index is 11.8. The van der Waals surface area contributed by atoms with Crippen molar-refractivity contribution < 1.29 is 24.2 Å². The van der Waals surface area contributed by atoms with Crippen molar-refractivity contribution in [2.24, 2.45) is 5.73 Å². The average Bonchev–Trinajstić information content (AvgIpc) is 3.27. The van der Waals surface area contributed by atoms with Gasteiger partial charge in [-0.1, -0.05) is 12.1 Å². The van der Waals surface area contributed by atoms with Gasteiger partial charge in [-0.3, -0.25) is 4.79 Å². The molecular weight excluding hydrogens is 430 g/mol. The monoisotopic (exact) mass is 461 g/mol. The van der Waals surface area contributed by atoms with Gasteiger partial charge >= 0.3 is 6.09 Å². The van der Waals surface area contributed by atoms with Crippen molar-refractivity contribution in [3.05, 3.63) is 36.4 Å². The van der Waals surface area contributed by atoms with Crippen molar-refractivity contribution in [3.8, 4) is 5.75 Å². The largest absolute Gasteiger partial charge is 0.455 e. The third-order valence-electron chi connectivity index (χ3n) is 4.73. The summed E-state index contributed by atoms with van der Waals surface area (Å²) in [6.45, 7) is 0.678. The number of hydrogen-bond acceptors (Lipinski definition) is 10. The molecule has 1 atom stereocenters. The molecule has 1 fully saturated rings. The number of likely N-dealkylation sites (tertiary alicyclic amines) is 1. The summed E-state index contributed by atoms with van der Waals surface area (Å²) in [5.74, 6) is 0.880. The first-order valence-corrected chi connectivity index (χ1v) is 10.4. The molecule has 0 aliphatic carbocycles. The first-order valence-electron chi connectivity index (χ1n) is 10.4. The van der Waals surface area contributed by atoms with Crippen LogP contribution in [0.2, 0.25) is 0 Å². The van der Waals surface area contributed by atoms with E-state index < -0.39 is 6.09 Å². The van der Waals surface area contributed by atoms with Gasteiger partial charge in [0.2, 0.25) is 12.7 Å². The summed E-state index contributed by atoms with van der Waals surface area (Å²) >= 11 is 0. The number of pyridine rings is 1. The Hall–Kier alpha value is -3.77. The van der Waals surface area contributed by atoms with Crippen LogP contribution in [-0.4, -0.2) is 59.5 Å². The van der Waals surface area contributed by atoms with Crippen LogP contribution in [0.1, 0.15) is 19.3 Å². The third-order valence-corrected chi connectivity index (χ3v) is 4.73. The predicted molar refractivity (Wildman–Crippen MR) is 125 cm³/mol. The topological polar surface area (TPSA) is 205 Å². The standard InChI is InChI=1S/C13H18N2O4.C8H13N5O/c14-11-5-1-2-6-12(11)18-9-19-13(17)15-7-3-4-10(15)8-16;9-4-3-7(14)12-6-2-1-5(10)8(11)13-6/h1-2,5-6,10,16H,3-4,7-9,14H2;1-2H,3-4,9-10H2,(H3,11,12,13,14). The number of aliphatic hydroxyl groups is 1. The minimum atomic E-state index is -0.467. The Morgan fingerprint density at radius 2 is 1.91 bits per heavy atom. The van der Waals surface area contributed by atoms with E-state index >= 15 is 0 Å². The SMILES string of the molecule is NCCC(=O)Nc1ccc(N)c(N)n1.Nc1ccccc1OCOC(=O)N1CCCC1CO. The van der Waals surface area contributed by atoms with Gasteiger partial charge in [-0.25, -0.2) is 9.78 Å². The lowest BCUT2D eigenvalue weighted by molar-refractivity contribution is -0.116. The molecule has 2 heterocycles. The van der Waals surface area contributed by atoms with Crippen LogP contribution in [0.25, 0.3) is 0 Å². The van der Waals surface area contributed by atoms with Crippen molar-refractivity contribution in [1.82, 2.24) is 9.88 Å². The van der Waals surface area contributed by atoms with Crippen LogP contribution in [0.3, 0.4) is 0 Å². The molecule has 0 saturated carbocycles. The Morgan fingerprint density at radius 3 is 2.58 bits per heavy atom. The Balaban J connectivity index is 0.000000245. The van der Waals surface area contributed by atoms with Crippen molar-refractivity contribution >= 4 is 35.0 Å². The van der Waals surface area contributed by atoms with Gasteiger partial charge in [0.15, 0.2) is 0 Å². The van der Waals surface area contributed by atoms with Crippen LogP contribution in [0, 0.1) is 0 Å². The maximum atomic E-state index is 11.8. The lowest BCUT2D eigenvalue weighted by atomic mass is 10.2. The summed E-state index contributed by atoms with van der Waals surface area (Å²) in [6.07, 6.45) is 1.47. The van der Waals surface area contributed by atoms with Gasteiger partial charge in [-0.2, -0.15) is 0 Å². The van der Waals surface area contributed by atoms with Gasteiger partial charge in [0, 0.05) is 19.5 Å². The third kappa shape index (κ3) is 8.01. The fourth-order valence-electron chi connectivity index (χ4n) is 3.00. The number of nitrogens with one attached hydrogen (secondary N) is 1. The zero-order chi connectivity index (χ0) is 24.2. The number of carbonyl (C=O) groups is 2. The van der Waals surface area contributed by atoms with Crippen LogP contribution in [0.5, 0.6) is 5.75 Å². The number of ether oxygens (including phenoxy) is 2. The summed E-state index contributed by atoms with van der Waals surface area (Å²) in [6, 6.07) is 10.0. The summed E-state index contributed by atoms with van der Waals surface area (Å²) in [4.78, 5) is 28.3. The molecule has 0 bridgehead atoms. The Bertz CT molecular complexity index is 928. The number of amides is 2. The van der Waals surface area contributed by atoms with Crippen LogP contribution in [0.4, 0.5) is 27.8 Å². The number of aliphatic hydroxyl groups excluding tert-OH is 1. The highest BCUT2D eigenvalue weighted by molar-refractivity contribution is 5.90. The molecule has 10 N–H and O–H groups in total. The van der Waals surface area contributed by atoms with Crippen molar-refractivity contribution in [1.29, 1.82) is 0 Å². The van der Waals surface area contributed by atoms with E-state index in [0.717, 1.165) is 12.8 Å². The number of hydrogen-bond donors (Lipinski definition) is 6. The van der Waals surface area contributed by atoms with E-state index in [-0.39, 0.29) is 37.6 Å². The highest BCUT2D eigenvalue weighted by Crippen LogP contribution is 2.21. The molecular formula is C21H31N7O5. The maximum Gasteiger partial charge on any atom is 0.412 e. The molecule has 0 spiro atoms. The van der Waals surface area contributed by atoms with E-state index in [1.54, 1.807) is 36.4 Å². The second-order valence-corrected chi connectivity index (χ2v) is 7.14. The molecule has 33 heavy (non-hydrogen) atoms. The molecule has 1 unspecified atom stereocenters. The Morgan fingerprint density at radius 1 is 1.15 bits per heavy atom. The fraction of sp³-hybridized carbons (Fsp3) is 0.381. The number of benzene rings is 1. The quantitative estimate of drug-likeness (QED) is 0.252. The summed E-state index contributed by atoms with van der Waals surface area (Å²) < 4.78 is 10.3. The number of nitrogens with two attached hydrogens (primary N) is 4. The molecule has 1 aliphatic heterocycles. The van der Waals surface area contributed by atoms with Crippen LogP contribution in [0.15, 0.2) is 36.4 Å². The fourth-order valence-corrected chi connectivity index (χ4v) is 3.00. The highest BCUT2D eigenvalue weighted by Gasteiger charge is 2.29. The van der Waals surface area contributed by atoms with E-state index in [1.165, 1.54) is 4.90 Å². The van der Waals surface area contributed by atoms with Gasteiger partial charge < -0.3 is 47.7 Å². The summed E-state index contributed by atoms with van der Waals surface area (Å²) in [7, 11) is 0. The molecule has 1 aliphatic rings. The molecule has 1 saturated heterocycles. The Labute approximate surface area is 191 Å². The van der Waals surface area contributed by atoms with Crippen LogP contribution in [-0.2, 0) is 9.53 Å². The van der Waals surface area contributed by atoms with Crippen molar-refractivity contribution in [2.75, 3.05) is 49.0 Å². The van der Waals surface area contributed by atoms with Crippen LogP contribution < -0.4 is 33.0 Å². The average molecular weight is 462 g/mol. The van der Waals surface area contributed by atoms with Gasteiger partial charge in [-0.05, 0) is 37.1 Å². The lowest BCUT2D eigenvalue weighted by Gasteiger charge is -2.22. The second kappa shape index (κ2) is 12.9. The molecule has 12 heteroatoms. The molecule has 1 aromatic carbocycles. The number of anilines is 4. The second-order valence-electron chi connectivity index (χ2n) is 7.14. The minimum Gasteiger partial charge on any atom is -0.455 e. The first kappa shape index (κ1) is 25.5. The number of carbonyl (C=O) groups excluding carboxylic acids is 2. The predicted octanol–water partition coefficient (Wildman–Crippen LogP) is 0.732. The lowest BCUT2D eigenvalue weighted by Crippen LogP contribution is -2.38. The van der Waals surface area contributed by atoms with E-state index in [1.807, 2.05) is 0 Å². The van der Waals surface area contributed by atoms with E-state index in [4.69, 9.17) is 37.5 Å². The van der Waals surface area contributed by atoms with Crippen LogP contribution >= 0.6 is 0 Å². The van der Waals surface area contributed by atoms with Gasteiger partial charge in [0.1, 0.15) is 17.4 Å². The first-order chi connectivity index (χ1) is 15.8. The Kier molecular flexibility index (Phi) is 9.99. The molecule has 2 aromatic rings. The minimum absolute atomic E-state index is 0.0401. The van der Waals surface area contributed by atoms with Gasteiger partial charge in [0.05, 0.1) is 24.0 Å². The van der Waals surface area contributed by atoms with Crippen molar-refractivity contribution in [3.63, 3.8) is 0 Å². The highest BCUT2D eigenvalue weighted by atomic mass is 16.7. The molecule has 1 aromatic heterocycles. The van der Waals surface area contributed by atoms with E-state index in [0.29, 0.717) is 36.0 Å². The van der Waals surface area contributed by atoms with Gasteiger partial charge in [0.25, 0.3) is 0 Å². The number of nitrogens with zero attached hydrogens (tertiary/aromatic N) is 2. The zero-order valence-electron chi connectivity index (χ0n) is 18.3. The summed E-state index contributed by atoms with van der Waals surface area (Å²) in [5, 5.41) is 11.7. The van der Waals surface area contributed by atoms with Gasteiger partial charge in [-0.15, -0.1) is 0 Å². The molecule has 3 rings (SSSR count). The summed E-state index contributed by atoms with van der Waals surface area (Å²) in [5.41, 5.74) is 22.7. The van der Waals surface area contributed by atoms with E-state index in [9.17, 15) is 9.59 Å². The molecule has 12 nitrogen and oxygen atoms in total. The van der Waals surface area contributed by atoms with E-state index in [2.05, 4.69) is 10.3 Å². The number of para-hydroxylation sites is 2. The molecule has 180 valence electrons. The molecule has 2 amide bonds.